The van der Waals surface area contributed by atoms with Crippen LogP contribution in [0, 0.1) is 11.8 Å². The Labute approximate surface area is 121 Å². The monoisotopic (exact) mass is 312 g/mol. The summed E-state index contributed by atoms with van der Waals surface area (Å²) in [4.78, 5) is 11.7. The summed E-state index contributed by atoms with van der Waals surface area (Å²) in [6, 6.07) is 13.6. The maximum absolute atomic E-state index is 11.7. The second-order valence-corrected chi connectivity index (χ2v) is 5.03. The van der Waals surface area contributed by atoms with E-state index in [2.05, 4.69) is 27.8 Å². The van der Waals surface area contributed by atoms with E-state index >= 15 is 0 Å². The predicted octanol–water partition coefficient (Wildman–Crippen LogP) is 4.69. The molecule has 0 amide bonds. The van der Waals surface area contributed by atoms with E-state index < -0.39 is 0 Å². The number of hydrogen-bond acceptors (Lipinski definition) is 1. The minimum Gasteiger partial charge on any atom is -0.294 e. The van der Waals surface area contributed by atoms with E-state index in [9.17, 15) is 4.79 Å². The minimum atomic E-state index is 0.0710. The van der Waals surface area contributed by atoms with E-state index in [-0.39, 0.29) is 5.78 Å². The van der Waals surface area contributed by atoms with Crippen molar-refractivity contribution >= 4 is 21.7 Å². The summed E-state index contributed by atoms with van der Waals surface area (Å²) >= 11 is 3.48. The molecule has 19 heavy (non-hydrogen) atoms. The topological polar surface area (TPSA) is 17.1 Å². The predicted molar refractivity (Wildman–Crippen MR) is 82.1 cm³/mol. The summed E-state index contributed by atoms with van der Waals surface area (Å²) in [6.45, 7) is 3.40. The molecule has 0 spiro atoms. The van der Waals surface area contributed by atoms with Gasteiger partial charge >= 0.3 is 0 Å². The van der Waals surface area contributed by atoms with Crippen LogP contribution in [-0.4, -0.2) is 5.78 Å². The van der Waals surface area contributed by atoms with Crippen molar-refractivity contribution < 1.29 is 4.79 Å². The van der Waals surface area contributed by atoms with Gasteiger partial charge in [-0.25, -0.2) is 0 Å². The number of Topliss-reactive ketones (excluding diaryl/α,β-unsaturated/α-hetero) is 1. The lowest BCUT2D eigenvalue weighted by atomic mass is 9.96. The Balaban J connectivity index is 2.62. The molecule has 0 aliphatic rings. The molecule has 2 aromatic carbocycles. The largest absolute Gasteiger partial charge is 0.294 e. The Morgan fingerprint density at radius 1 is 1.16 bits per heavy atom. The van der Waals surface area contributed by atoms with Crippen LogP contribution in [0.2, 0.25) is 0 Å². The van der Waals surface area contributed by atoms with Gasteiger partial charge in [-0.3, -0.25) is 4.79 Å². The number of hydrogen-bond donors (Lipinski definition) is 0. The summed E-state index contributed by atoms with van der Waals surface area (Å²) in [6.07, 6.45) is 0. The molecule has 0 aromatic heterocycles. The third-order valence-electron chi connectivity index (χ3n) is 2.84. The molecule has 0 aliphatic carbocycles. The van der Waals surface area contributed by atoms with Crippen molar-refractivity contribution in [3.8, 4) is 23.0 Å². The van der Waals surface area contributed by atoms with Gasteiger partial charge in [0.05, 0.1) is 0 Å². The minimum absolute atomic E-state index is 0.0710. The lowest BCUT2D eigenvalue weighted by Gasteiger charge is -2.08. The zero-order valence-electron chi connectivity index (χ0n) is 10.8. The molecular formula is C17H13BrO. The summed E-state index contributed by atoms with van der Waals surface area (Å²) in [5.41, 5.74) is 3.62. The highest BCUT2D eigenvalue weighted by Gasteiger charge is 2.09. The molecule has 0 atom stereocenters. The molecule has 1 nitrogen and oxygen atoms in total. The zero-order valence-corrected chi connectivity index (χ0v) is 12.4. The standard InChI is InChI=1S/C17H13BrO/c1-3-6-14-11-13(9-10-17(14)18)16-8-5-4-7-15(16)12(2)19/h4-5,7-11H,1-2H3. The van der Waals surface area contributed by atoms with Gasteiger partial charge in [-0.2, -0.15) is 0 Å². The van der Waals surface area contributed by atoms with Crippen LogP contribution in [0.15, 0.2) is 46.9 Å². The van der Waals surface area contributed by atoms with Crippen molar-refractivity contribution in [2.45, 2.75) is 13.8 Å². The van der Waals surface area contributed by atoms with Crippen molar-refractivity contribution in [1.82, 2.24) is 0 Å². The summed E-state index contributed by atoms with van der Waals surface area (Å²) in [7, 11) is 0. The zero-order chi connectivity index (χ0) is 13.8. The van der Waals surface area contributed by atoms with E-state index in [0.717, 1.165) is 26.7 Å². The Bertz CT molecular complexity index is 690. The molecule has 0 saturated carbocycles. The Morgan fingerprint density at radius 2 is 1.89 bits per heavy atom. The van der Waals surface area contributed by atoms with E-state index in [1.165, 1.54) is 0 Å². The third kappa shape index (κ3) is 2.94. The van der Waals surface area contributed by atoms with Gasteiger partial charge in [0.15, 0.2) is 5.78 Å². The molecular weight excluding hydrogens is 300 g/mol. The van der Waals surface area contributed by atoms with E-state index in [1.807, 2.05) is 49.4 Å². The van der Waals surface area contributed by atoms with E-state index in [0.29, 0.717) is 0 Å². The fourth-order valence-electron chi connectivity index (χ4n) is 1.97. The van der Waals surface area contributed by atoms with Crippen LogP contribution < -0.4 is 0 Å². The molecule has 2 aromatic rings. The van der Waals surface area contributed by atoms with Crippen molar-refractivity contribution in [3.63, 3.8) is 0 Å². The Kier molecular flexibility index (Phi) is 4.19. The number of halogens is 1. The van der Waals surface area contributed by atoms with Crippen LogP contribution in [0.4, 0.5) is 0 Å². The maximum Gasteiger partial charge on any atom is 0.160 e. The van der Waals surface area contributed by atoms with Gasteiger partial charge in [-0.15, -0.1) is 5.92 Å². The highest BCUT2D eigenvalue weighted by Crippen LogP contribution is 2.28. The van der Waals surface area contributed by atoms with Gasteiger partial charge in [0.1, 0.15) is 0 Å². The van der Waals surface area contributed by atoms with Crippen LogP contribution in [0.1, 0.15) is 29.8 Å². The average molecular weight is 313 g/mol. The van der Waals surface area contributed by atoms with Gasteiger partial charge in [0, 0.05) is 15.6 Å². The smallest absolute Gasteiger partial charge is 0.160 e. The second-order valence-electron chi connectivity index (χ2n) is 4.17. The quantitative estimate of drug-likeness (QED) is 0.581. The number of ketones is 1. The highest BCUT2D eigenvalue weighted by atomic mass is 79.9. The average Bonchev–Trinajstić information content (AvgIpc) is 2.41. The number of rotatable bonds is 2. The van der Waals surface area contributed by atoms with Crippen LogP contribution in [0.5, 0.6) is 0 Å². The van der Waals surface area contributed by atoms with Gasteiger partial charge in [-0.1, -0.05) is 36.3 Å². The van der Waals surface area contributed by atoms with Gasteiger partial charge in [0.2, 0.25) is 0 Å². The fraction of sp³-hybridized carbons (Fsp3) is 0.118. The van der Waals surface area contributed by atoms with Crippen molar-refractivity contribution in [1.29, 1.82) is 0 Å². The summed E-state index contributed by atoms with van der Waals surface area (Å²) < 4.78 is 0.964. The number of carbonyl (C=O) groups is 1. The fourth-order valence-corrected chi connectivity index (χ4v) is 2.31. The first-order chi connectivity index (χ1) is 9.13. The van der Waals surface area contributed by atoms with Gasteiger partial charge in [0.25, 0.3) is 0 Å². The molecule has 0 N–H and O–H groups in total. The molecule has 2 rings (SSSR count). The molecule has 0 saturated heterocycles. The molecule has 0 radical (unpaired) electrons. The number of benzene rings is 2. The van der Waals surface area contributed by atoms with Crippen molar-refractivity contribution in [2.24, 2.45) is 0 Å². The van der Waals surface area contributed by atoms with E-state index in [4.69, 9.17) is 0 Å². The lowest BCUT2D eigenvalue weighted by Crippen LogP contribution is -1.95. The number of carbonyl (C=O) groups excluding carboxylic acids is 1. The van der Waals surface area contributed by atoms with Gasteiger partial charge < -0.3 is 0 Å². The van der Waals surface area contributed by atoms with Gasteiger partial charge in [-0.05, 0) is 53.0 Å². The molecule has 0 heterocycles. The molecule has 94 valence electrons. The lowest BCUT2D eigenvalue weighted by molar-refractivity contribution is 0.101. The molecule has 0 unspecified atom stereocenters. The molecule has 0 fully saturated rings. The van der Waals surface area contributed by atoms with Crippen molar-refractivity contribution in [3.05, 3.63) is 58.1 Å². The first-order valence-corrected chi connectivity index (χ1v) is 6.75. The SMILES string of the molecule is CC#Cc1cc(-c2ccccc2C(C)=O)ccc1Br. The van der Waals surface area contributed by atoms with Crippen molar-refractivity contribution in [2.75, 3.05) is 0 Å². The van der Waals surface area contributed by atoms with Crippen LogP contribution >= 0.6 is 15.9 Å². The first-order valence-electron chi connectivity index (χ1n) is 5.96. The second kappa shape index (κ2) is 5.86. The molecule has 0 bridgehead atoms. The third-order valence-corrected chi connectivity index (χ3v) is 3.53. The first kappa shape index (κ1) is 13.6. The van der Waals surface area contributed by atoms with Crippen LogP contribution in [-0.2, 0) is 0 Å². The molecule has 2 heteroatoms. The van der Waals surface area contributed by atoms with Crippen LogP contribution in [0.25, 0.3) is 11.1 Å². The summed E-state index contributed by atoms with van der Waals surface area (Å²) in [5.74, 6) is 6.02. The van der Waals surface area contributed by atoms with E-state index in [1.54, 1.807) is 6.92 Å². The summed E-state index contributed by atoms with van der Waals surface area (Å²) in [5, 5.41) is 0. The highest BCUT2D eigenvalue weighted by molar-refractivity contribution is 9.10. The Morgan fingerprint density at radius 3 is 2.58 bits per heavy atom. The molecule has 0 aliphatic heterocycles. The Hall–Kier alpha value is -1.85. The maximum atomic E-state index is 11.7. The van der Waals surface area contributed by atoms with Crippen LogP contribution in [0.3, 0.4) is 0 Å². The normalized spacial score (nSPS) is 9.63.